The molecule has 176 valence electrons. The molecule has 1 heterocycles. The maximum absolute atomic E-state index is 14.2. The second-order valence-electron chi connectivity index (χ2n) is 8.42. The van der Waals surface area contributed by atoms with E-state index in [4.69, 9.17) is 16.3 Å². The van der Waals surface area contributed by atoms with Crippen LogP contribution in [0.25, 0.3) is 0 Å². The third kappa shape index (κ3) is 4.71. The molecule has 3 aliphatic rings. The average molecular weight is 491 g/mol. The van der Waals surface area contributed by atoms with E-state index in [0.29, 0.717) is 41.4 Å². The number of fused-ring (bicyclic) bond motifs is 2. The third-order valence-electron chi connectivity index (χ3n) is 6.45. The largest absolute Gasteiger partial charge is 0.488 e. The van der Waals surface area contributed by atoms with Crippen molar-refractivity contribution in [2.75, 3.05) is 10.0 Å². The van der Waals surface area contributed by atoms with Crippen LogP contribution in [0.3, 0.4) is 0 Å². The third-order valence-corrected chi connectivity index (χ3v) is 7.58. The molecule has 5 nitrogen and oxygen atoms in total. The summed E-state index contributed by atoms with van der Waals surface area (Å²) in [5.41, 5.74) is 1.91. The molecule has 1 aliphatic heterocycles. The predicted molar refractivity (Wildman–Crippen MR) is 131 cm³/mol. The van der Waals surface area contributed by atoms with Gasteiger partial charge in [0.1, 0.15) is 17.3 Å². The smallest absolute Gasteiger partial charge is 0.235 e. The van der Waals surface area contributed by atoms with Gasteiger partial charge in [-0.2, -0.15) is 0 Å². The maximum atomic E-state index is 14.2. The zero-order valence-electron chi connectivity index (χ0n) is 18.8. The van der Waals surface area contributed by atoms with Crippen molar-refractivity contribution in [1.82, 2.24) is 0 Å². The highest BCUT2D eigenvalue weighted by atomic mass is 35.5. The Balaban J connectivity index is 0.00000126. The summed E-state index contributed by atoms with van der Waals surface area (Å²) in [6.07, 6.45) is 4.96. The van der Waals surface area contributed by atoms with Crippen LogP contribution in [0.5, 0.6) is 5.75 Å². The fourth-order valence-corrected chi connectivity index (χ4v) is 5.34. The second kappa shape index (κ2) is 9.94. The Morgan fingerprint density at radius 3 is 2.52 bits per heavy atom. The molecule has 2 fully saturated rings. The summed E-state index contributed by atoms with van der Waals surface area (Å²) < 4.78 is 23.7. The van der Waals surface area contributed by atoms with Crippen molar-refractivity contribution in [1.29, 1.82) is 0 Å². The molecule has 0 aromatic heterocycles. The molecular formula is C25H28ClFN2O3S. The summed E-state index contributed by atoms with van der Waals surface area (Å²) in [6, 6.07) is 8.34. The van der Waals surface area contributed by atoms with Crippen LogP contribution in [0, 0.1) is 5.82 Å². The lowest BCUT2D eigenvalue weighted by Gasteiger charge is -2.36. The number of nitrogens with one attached hydrogen (secondary N) is 2. The molecule has 1 amide bonds. The number of hydrogen-bond donors (Lipinski definition) is 2. The van der Waals surface area contributed by atoms with Gasteiger partial charge >= 0.3 is 0 Å². The lowest BCUT2D eigenvalue weighted by molar-refractivity contribution is -0.123. The van der Waals surface area contributed by atoms with Crippen LogP contribution >= 0.6 is 23.5 Å². The Hall–Kier alpha value is -2.25. The Bertz CT molecular complexity index is 1060. The standard InChI is InChI=1S/C23H22ClFN2O3S.C2H6/c24-13-2-7-20(18(25)10-13)31-27-14-11-17-21(26-22(29)23(17)8-1-9-23)19(12-14)30-16-5-3-15(28)4-6-16;1-2/h2,7,10-12,16,27H,1,3-6,8-9H2,(H,26,29);1-2H3. The topological polar surface area (TPSA) is 67.4 Å². The quantitative estimate of drug-likeness (QED) is 0.447. The number of carbonyl (C=O) groups is 2. The summed E-state index contributed by atoms with van der Waals surface area (Å²) in [5.74, 6) is 0.491. The van der Waals surface area contributed by atoms with E-state index in [0.717, 1.165) is 48.1 Å². The summed E-state index contributed by atoms with van der Waals surface area (Å²) in [6.45, 7) is 4.00. The maximum Gasteiger partial charge on any atom is 0.235 e. The molecule has 2 N–H and O–H groups in total. The predicted octanol–water partition coefficient (Wildman–Crippen LogP) is 6.89. The number of rotatable bonds is 5. The van der Waals surface area contributed by atoms with Crippen molar-refractivity contribution in [3.05, 3.63) is 46.7 Å². The summed E-state index contributed by atoms with van der Waals surface area (Å²) in [4.78, 5) is 24.8. The Morgan fingerprint density at radius 2 is 1.88 bits per heavy atom. The van der Waals surface area contributed by atoms with Gasteiger partial charge in [0.2, 0.25) is 5.91 Å². The van der Waals surface area contributed by atoms with E-state index >= 15 is 0 Å². The van der Waals surface area contributed by atoms with Gasteiger partial charge in [-0.1, -0.05) is 31.9 Å². The number of halogens is 2. The molecule has 0 radical (unpaired) electrons. The summed E-state index contributed by atoms with van der Waals surface area (Å²) >= 11 is 6.99. The minimum atomic E-state index is -0.496. The lowest BCUT2D eigenvalue weighted by Crippen LogP contribution is -2.40. The molecule has 33 heavy (non-hydrogen) atoms. The first-order valence-corrected chi connectivity index (χ1v) is 12.7. The van der Waals surface area contributed by atoms with Gasteiger partial charge in [-0.3, -0.25) is 9.59 Å². The Morgan fingerprint density at radius 1 is 1.15 bits per heavy atom. The van der Waals surface area contributed by atoms with Gasteiger partial charge in [0.25, 0.3) is 0 Å². The number of benzene rings is 2. The molecule has 0 atom stereocenters. The molecular weight excluding hydrogens is 463 g/mol. The fourth-order valence-electron chi connectivity index (χ4n) is 4.54. The second-order valence-corrected chi connectivity index (χ2v) is 9.71. The number of ketones is 1. The van der Waals surface area contributed by atoms with Crippen molar-refractivity contribution in [3.8, 4) is 5.75 Å². The van der Waals surface area contributed by atoms with Crippen LogP contribution in [0.2, 0.25) is 5.02 Å². The van der Waals surface area contributed by atoms with Crippen molar-refractivity contribution >= 4 is 46.6 Å². The van der Waals surface area contributed by atoms with E-state index in [1.54, 1.807) is 12.1 Å². The normalized spacial score (nSPS) is 18.7. The SMILES string of the molecule is CC.O=C1CCC(Oc2cc(NSc3ccc(Cl)cc3F)cc3c2NC(=O)C32CCC2)CC1. The van der Waals surface area contributed by atoms with Gasteiger partial charge in [0.15, 0.2) is 0 Å². The summed E-state index contributed by atoms with van der Waals surface area (Å²) in [7, 11) is 0. The molecule has 0 unspecified atom stereocenters. The minimum absolute atomic E-state index is 0.0194. The zero-order chi connectivity index (χ0) is 23.6. The number of anilines is 2. The number of Topliss-reactive ketones (excluding diaryl/α,β-unsaturated/α-hetero) is 1. The fraction of sp³-hybridized carbons (Fsp3) is 0.440. The first kappa shape index (κ1) is 23.9. The van der Waals surface area contributed by atoms with Gasteiger partial charge in [0.05, 0.1) is 22.1 Å². The Kier molecular flexibility index (Phi) is 7.19. The monoisotopic (exact) mass is 490 g/mol. The Labute approximate surface area is 202 Å². The van der Waals surface area contributed by atoms with Gasteiger partial charge in [-0.05, 0) is 67.5 Å². The van der Waals surface area contributed by atoms with E-state index in [1.807, 2.05) is 26.0 Å². The highest BCUT2D eigenvalue weighted by Crippen LogP contribution is 2.55. The lowest BCUT2D eigenvalue weighted by atomic mass is 9.65. The molecule has 2 aliphatic carbocycles. The zero-order valence-corrected chi connectivity index (χ0v) is 20.4. The highest BCUT2D eigenvalue weighted by Gasteiger charge is 2.52. The van der Waals surface area contributed by atoms with Gasteiger partial charge < -0.3 is 14.8 Å². The molecule has 1 spiro atoms. The highest BCUT2D eigenvalue weighted by molar-refractivity contribution is 8.00. The molecule has 0 saturated heterocycles. The minimum Gasteiger partial charge on any atom is -0.488 e. The van der Waals surface area contributed by atoms with E-state index in [1.165, 1.54) is 6.07 Å². The van der Waals surface area contributed by atoms with Gasteiger partial charge in [-0.25, -0.2) is 4.39 Å². The van der Waals surface area contributed by atoms with E-state index in [2.05, 4.69) is 10.0 Å². The van der Waals surface area contributed by atoms with Crippen molar-refractivity contribution in [2.24, 2.45) is 0 Å². The first-order valence-electron chi connectivity index (χ1n) is 11.5. The molecule has 2 aromatic rings. The molecule has 8 heteroatoms. The van der Waals surface area contributed by atoms with Crippen molar-refractivity contribution in [2.45, 2.75) is 75.2 Å². The number of hydrogen-bond acceptors (Lipinski definition) is 5. The molecule has 0 bridgehead atoms. The first-order chi connectivity index (χ1) is 15.9. The van der Waals surface area contributed by atoms with Crippen LogP contribution in [0.15, 0.2) is 35.2 Å². The van der Waals surface area contributed by atoms with Crippen LogP contribution in [-0.2, 0) is 15.0 Å². The van der Waals surface area contributed by atoms with Gasteiger partial charge in [-0.15, -0.1) is 0 Å². The van der Waals surface area contributed by atoms with Crippen molar-refractivity contribution in [3.63, 3.8) is 0 Å². The molecule has 2 saturated carbocycles. The van der Waals surface area contributed by atoms with E-state index in [-0.39, 0.29) is 17.8 Å². The molecule has 5 rings (SSSR count). The van der Waals surface area contributed by atoms with Gasteiger partial charge in [0, 0.05) is 29.6 Å². The van der Waals surface area contributed by atoms with Crippen LogP contribution in [0.1, 0.15) is 64.4 Å². The summed E-state index contributed by atoms with van der Waals surface area (Å²) in [5, 5.41) is 3.38. The van der Waals surface area contributed by atoms with E-state index in [9.17, 15) is 14.0 Å². The number of carbonyl (C=O) groups excluding carboxylic acids is 2. The average Bonchev–Trinajstić information content (AvgIpc) is 3.08. The van der Waals surface area contributed by atoms with Crippen LogP contribution in [0.4, 0.5) is 15.8 Å². The number of ether oxygens (including phenoxy) is 1. The number of amides is 1. The van der Waals surface area contributed by atoms with E-state index < -0.39 is 11.2 Å². The van der Waals surface area contributed by atoms with Crippen LogP contribution < -0.4 is 14.8 Å². The van der Waals surface area contributed by atoms with Crippen molar-refractivity contribution < 1.29 is 18.7 Å². The van der Waals surface area contributed by atoms with Crippen LogP contribution in [-0.4, -0.2) is 17.8 Å². The molecule has 2 aromatic carbocycles.